The van der Waals surface area contributed by atoms with Crippen molar-refractivity contribution in [3.8, 4) is 0 Å². The zero-order valence-corrected chi connectivity index (χ0v) is 13.3. The molecule has 1 saturated heterocycles. The molecule has 0 amide bonds. The Morgan fingerprint density at radius 3 is 2.55 bits per heavy atom. The van der Waals surface area contributed by atoms with Gasteiger partial charge >= 0.3 is 0 Å². The van der Waals surface area contributed by atoms with Crippen molar-refractivity contribution in [1.29, 1.82) is 0 Å². The molecule has 0 spiro atoms. The normalized spacial score (nSPS) is 23.2. The Hall–Kier alpha value is -1.36. The van der Waals surface area contributed by atoms with E-state index in [2.05, 4.69) is 43.0 Å². The molecule has 1 aromatic heterocycles. The van der Waals surface area contributed by atoms with Crippen LogP contribution in [0.15, 0.2) is 0 Å². The molecule has 1 aliphatic heterocycles. The van der Waals surface area contributed by atoms with Crippen molar-refractivity contribution >= 4 is 11.6 Å². The van der Waals surface area contributed by atoms with Crippen LogP contribution in [0.3, 0.4) is 0 Å². The number of hydrogen-bond donors (Lipinski definition) is 2. The maximum Gasteiger partial charge on any atom is 0.148 e. The number of hydrazine groups is 1. The number of nitrogens with one attached hydrogen (secondary N) is 1. The Labute approximate surface area is 121 Å². The highest BCUT2D eigenvalue weighted by atomic mass is 15.3. The zero-order chi connectivity index (χ0) is 14.9. The molecule has 0 aromatic carbocycles. The van der Waals surface area contributed by atoms with E-state index in [1.807, 2.05) is 6.92 Å². The molecule has 2 rings (SSSR count). The Kier molecular flexibility index (Phi) is 4.48. The van der Waals surface area contributed by atoms with Crippen molar-refractivity contribution in [2.75, 3.05) is 16.9 Å². The van der Waals surface area contributed by atoms with E-state index in [4.69, 9.17) is 10.8 Å². The van der Waals surface area contributed by atoms with Gasteiger partial charge in [-0.2, -0.15) is 0 Å². The van der Waals surface area contributed by atoms with Crippen LogP contribution in [0.2, 0.25) is 0 Å². The molecule has 2 unspecified atom stereocenters. The van der Waals surface area contributed by atoms with Crippen LogP contribution in [0.4, 0.5) is 11.6 Å². The lowest BCUT2D eigenvalue weighted by atomic mass is 9.94. The number of anilines is 2. The average Bonchev–Trinajstić information content (AvgIpc) is 2.41. The molecule has 3 N–H and O–H groups in total. The van der Waals surface area contributed by atoms with Crippen molar-refractivity contribution in [3.63, 3.8) is 0 Å². The van der Waals surface area contributed by atoms with Gasteiger partial charge in [0.05, 0.1) is 0 Å². The van der Waals surface area contributed by atoms with E-state index in [1.165, 1.54) is 12.8 Å². The highest BCUT2D eigenvalue weighted by Crippen LogP contribution is 2.31. The Morgan fingerprint density at radius 2 is 1.95 bits per heavy atom. The fraction of sp³-hybridized carbons (Fsp3) is 0.733. The third-order valence-electron chi connectivity index (χ3n) is 4.18. The summed E-state index contributed by atoms with van der Waals surface area (Å²) in [5.74, 6) is 9.25. The molecular weight excluding hydrogens is 250 g/mol. The summed E-state index contributed by atoms with van der Waals surface area (Å²) in [4.78, 5) is 11.7. The van der Waals surface area contributed by atoms with E-state index in [9.17, 15) is 0 Å². The second-order valence-corrected chi connectivity index (χ2v) is 6.36. The minimum atomic E-state index is 0.291. The van der Waals surface area contributed by atoms with E-state index < -0.39 is 0 Å². The molecular formula is C15H27N5. The summed E-state index contributed by atoms with van der Waals surface area (Å²) >= 11 is 0. The summed E-state index contributed by atoms with van der Waals surface area (Å²) in [5.41, 5.74) is 3.76. The van der Waals surface area contributed by atoms with Crippen molar-refractivity contribution in [3.05, 3.63) is 11.4 Å². The fourth-order valence-corrected chi connectivity index (χ4v) is 2.78. The molecule has 0 saturated carbocycles. The number of aromatic nitrogens is 2. The molecule has 112 valence electrons. The fourth-order valence-electron chi connectivity index (χ4n) is 2.78. The number of rotatable bonds is 3. The van der Waals surface area contributed by atoms with Crippen LogP contribution in [0, 0.1) is 12.8 Å². The first-order valence-corrected chi connectivity index (χ1v) is 7.55. The first kappa shape index (κ1) is 15.0. The smallest absolute Gasteiger partial charge is 0.148 e. The van der Waals surface area contributed by atoms with Gasteiger partial charge in [-0.25, -0.2) is 15.8 Å². The standard InChI is InChI=1S/C15H27N5/c1-9(2)13-17-14(19-16)12(5)15(18-13)20-8-10(3)6-7-11(20)4/h9-11H,6-8,16H2,1-5H3,(H,17,18,19). The molecule has 0 radical (unpaired) electrons. The first-order valence-electron chi connectivity index (χ1n) is 7.55. The lowest BCUT2D eigenvalue weighted by molar-refractivity contribution is 0.387. The summed E-state index contributed by atoms with van der Waals surface area (Å²) < 4.78 is 0. The largest absolute Gasteiger partial charge is 0.353 e. The zero-order valence-electron chi connectivity index (χ0n) is 13.3. The molecule has 2 heterocycles. The highest BCUT2D eigenvalue weighted by Gasteiger charge is 2.27. The number of nitrogens with two attached hydrogens (primary N) is 1. The maximum atomic E-state index is 5.62. The van der Waals surface area contributed by atoms with Crippen LogP contribution in [0.25, 0.3) is 0 Å². The topological polar surface area (TPSA) is 67.1 Å². The van der Waals surface area contributed by atoms with E-state index in [-0.39, 0.29) is 0 Å². The minimum Gasteiger partial charge on any atom is -0.353 e. The molecule has 1 fully saturated rings. The number of nitrogens with zero attached hydrogens (tertiary/aromatic N) is 3. The summed E-state index contributed by atoms with van der Waals surface area (Å²) in [7, 11) is 0. The number of piperidine rings is 1. The summed E-state index contributed by atoms with van der Waals surface area (Å²) in [6.07, 6.45) is 2.51. The van der Waals surface area contributed by atoms with Crippen LogP contribution in [0.1, 0.15) is 57.8 Å². The van der Waals surface area contributed by atoms with Crippen molar-refractivity contribution in [1.82, 2.24) is 9.97 Å². The highest BCUT2D eigenvalue weighted by molar-refractivity contribution is 5.59. The SMILES string of the molecule is Cc1c(NN)nc(C(C)C)nc1N1CC(C)CCC1C. The van der Waals surface area contributed by atoms with Crippen LogP contribution < -0.4 is 16.2 Å². The Bertz CT molecular complexity index is 472. The van der Waals surface area contributed by atoms with Crippen LogP contribution >= 0.6 is 0 Å². The van der Waals surface area contributed by atoms with Gasteiger partial charge in [-0.15, -0.1) is 0 Å². The van der Waals surface area contributed by atoms with Gasteiger partial charge in [0.2, 0.25) is 0 Å². The van der Waals surface area contributed by atoms with Gasteiger partial charge in [0.25, 0.3) is 0 Å². The van der Waals surface area contributed by atoms with Crippen LogP contribution in [0.5, 0.6) is 0 Å². The predicted octanol–water partition coefficient (Wildman–Crippen LogP) is 2.82. The minimum absolute atomic E-state index is 0.291. The van der Waals surface area contributed by atoms with E-state index in [0.717, 1.165) is 29.6 Å². The molecule has 5 nitrogen and oxygen atoms in total. The van der Waals surface area contributed by atoms with Crippen molar-refractivity contribution in [2.45, 2.75) is 59.4 Å². The van der Waals surface area contributed by atoms with Crippen molar-refractivity contribution < 1.29 is 0 Å². The predicted molar refractivity (Wildman–Crippen MR) is 83.9 cm³/mol. The van der Waals surface area contributed by atoms with Gasteiger partial charge in [-0.05, 0) is 32.6 Å². The van der Waals surface area contributed by atoms with E-state index >= 15 is 0 Å². The lowest BCUT2D eigenvalue weighted by Crippen LogP contribution is -2.42. The summed E-state index contributed by atoms with van der Waals surface area (Å²) in [5, 5.41) is 0. The summed E-state index contributed by atoms with van der Waals surface area (Å²) in [6, 6.07) is 0.519. The van der Waals surface area contributed by atoms with Gasteiger partial charge in [-0.1, -0.05) is 20.8 Å². The van der Waals surface area contributed by atoms with Crippen LogP contribution in [-0.2, 0) is 0 Å². The molecule has 1 aromatic rings. The average molecular weight is 277 g/mol. The first-order chi connectivity index (χ1) is 9.43. The number of nitrogen functional groups attached to an aromatic ring is 1. The number of hydrogen-bond acceptors (Lipinski definition) is 5. The molecule has 20 heavy (non-hydrogen) atoms. The Balaban J connectivity index is 2.45. The molecule has 0 bridgehead atoms. The summed E-state index contributed by atoms with van der Waals surface area (Å²) in [6.45, 7) is 11.9. The Morgan fingerprint density at radius 1 is 1.25 bits per heavy atom. The molecule has 1 aliphatic rings. The third-order valence-corrected chi connectivity index (χ3v) is 4.18. The van der Waals surface area contributed by atoms with Gasteiger partial charge < -0.3 is 10.3 Å². The lowest BCUT2D eigenvalue weighted by Gasteiger charge is -2.38. The quantitative estimate of drug-likeness (QED) is 0.657. The van der Waals surface area contributed by atoms with Gasteiger partial charge in [0, 0.05) is 24.1 Å². The second-order valence-electron chi connectivity index (χ2n) is 6.36. The molecule has 5 heteroatoms. The van der Waals surface area contributed by atoms with E-state index in [0.29, 0.717) is 17.9 Å². The van der Waals surface area contributed by atoms with Crippen molar-refractivity contribution in [2.24, 2.45) is 11.8 Å². The van der Waals surface area contributed by atoms with Gasteiger partial charge in [-0.3, -0.25) is 0 Å². The monoisotopic (exact) mass is 277 g/mol. The molecule has 0 aliphatic carbocycles. The van der Waals surface area contributed by atoms with Gasteiger partial charge in [0.1, 0.15) is 17.5 Å². The second kappa shape index (κ2) is 5.95. The molecule has 2 atom stereocenters. The van der Waals surface area contributed by atoms with Crippen LogP contribution in [-0.4, -0.2) is 22.6 Å². The van der Waals surface area contributed by atoms with E-state index in [1.54, 1.807) is 0 Å². The third kappa shape index (κ3) is 2.87. The van der Waals surface area contributed by atoms with Gasteiger partial charge in [0.15, 0.2) is 0 Å². The maximum absolute atomic E-state index is 5.62.